The zero-order valence-electron chi connectivity index (χ0n) is 13.9. The van der Waals surface area contributed by atoms with E-state index >= 15 is 0 Å². The first-order valence-corrected chi connectivity index (χ1v) is 8.84. The fourth-order valence-corrected chi connectivity index (χ4v) is 3.25. The number of hydrogen-bond acceptors (Lipinski definition) is 5. The van der Waals surface area contributed by atoms with Crippen LogP contribution in [0.4, 0.5) is 15.9 Å². The zero-order valence-corrected chi connectivity index (χ0v) is 15.5. The van der Waals surface area contributed by atoms with E-state index in [-0.39, 0.29) is 15.7 Å². The first-order valence-electron chi connectivity index (χ1n) is 8.05. The van der Waals surface area contributed by atoms with Crippen molar-refractivity contribution in [1.82, 2.24) is 10.3 Å². The first kappa shape index (κ1) is 18.9. The maximum atomic E-state index is 14.0. The Morgan fingerprint density at radius 2 is 2.15 bits per heavy atom. The summed E-state index contributed by atoms with van der Waals surface area (Å²) in [6.07, 6.45) is 2.12. The number of benzene rings is 1. The van der Waals surface area contributed by atoms with Gasteiger partial charge in [0, 0.05) is 12.6 Å². The predicted octanol–water partition coefficient (Wildman–Crippen LogP) is 2.82. The van der Waals surface area contributed by atoms with E-state index in [2.05, 4.69) is 26.2 Å². The van der Waals surface area contributed by atoms with Gasteiger partial charge in [0.25, 0.3) is 5.91 Å². The van der Waals surface area contributed by atoms with Gasteiger partial charge in [-0.2, -0.15) is 0 Å². The quantitative estimate of drug-likeness (QED) is 0.585. The number of aromatic nitrogens is 1. The standard InChI is InChI=1S/C17H14BrFN4O4/c18-11-9-20-15(23(26)27)8-10(11)16(24)21-13-5-3-7-22(17(13)25)14-6-2-1-4-12(14)19/h1-2,4,6,8-9,13H,3,5,7H2,(H,21,24). The number of piperidine rings is 1. The summed E-state index contributed by atoms with van der Waals surface area (Å²) in [6, 6.07) is 6.09. The fraction of sp³-hybridized carbons (Fsp3) is 0.235. The van der Waals surface area contributed by atoms with E-state index in [9.17, 15) is 24.1 Å². The molecular weight excluding hydrogens is 423 g/mol. The molecule has 0 spiro atoms. The minimum atomic E-state index is -0.857. The number of rotatable bonds is 4. The van der Waals surface area contributed by atoms with Crippen LogP contribution in [0, 0.1) is 15.9 Å². The molecule has 1 aromatic heterocycles. The zero-order chi connectivity index (χ0) is 19.6. The number of nitro groups is 1. The van der Waals surface area contributed by atoms with Crippen LogP contribution in [0.5, 0.6) is 0 Å². The van der Waals surface area contributed by atoms with Gasteiger partial charge in [0.15, 0.2) is 6.20 Å². The van der Waals surface area contributed by atoms with E-state index < -0.39 is 34.4 Å². The topological polar surface area (TPSA) is 105 Å². The first-order chi connectivity index (χ1) is 12.9. The van der Waals surface area contributed by atoms with Crippen molar-refractivity contribution in [3.63, 3.8) is 0 Å². The smallest absolute Gasteiger partial charge is 0.358 e. The maximum absolute atomic E-state index is 14.0. The van der Waals surface area contributed by atoms with Crippen molar-refractivity contribution in [2.24, 2.45) is 0 Å². The minimum absolute atomic E-state index is 0.00693. The SMILES string of the molecule is O=C(NC1CCCN(c2ccccc2F)C1=O)c1cc([N+](=O)[O-])ncc1Br. The van der Waals surface area contributed by atoms with Gasteiger partial charge in [0.1, 0.15) is 11.9 Å². The summed E-state index contributed by atoms with van der Waals surface area (Å²) < 4.78 is 14.3. The number of halogens is 2. The Kier molecular flexibility index (Phi) is 5.45. The van der Waals surface area contributed by atoms with Gasteiger partial charge in [-0.15, -0.1) is 0 Å². The number of para-hydroxylation sites is 1. The molecular formula is C17H14BrFN4O4. The van der Waals surface area contributed by atoms with Crippen LogP contribution < -0.4 is 10.2 Å². The largest absolute Gasteiger partial charge is 0.364 e. The number of carbonyl (C=O) groups excluding carboxylic acids is 2. The molecule has 8 nitrogen and oxygen atoms in total. The molecule has 140 valence electrons. The fourth-order valence-electron chi connectivity index (χ4n) is 2.86. The Labute approximate surface area is 161 Å². The van der Waals surface area contributed by atoms with Crippen LogP contribution in [0.2, 0.25) is 0 Å². The molecule has 1 saturated heterocycles. The van der Waals surface area contributed by atoms with Crippen LogP contribution in [0.1, 0.15) is 23.2 Å². The lowest BCUT2D eigenvalue weighted by Gasteiger charge is -2.32. The van der Waals surface area contributed by atoms with E-state index in [0.717, 1.165) is 12.3 Å². The van der Waals surface area contributed by atoms with Crippen molar-refractivity contribution in [1.29, 1.82) is 0 Å². The molecule has 0 saturated carbocycles. The molecule has 1 aliphatic heterocycles. The number of hydrogen-bond donors (Lipinski definition) is 1. The molecule has 2 amide bonds. The Morgan fingerprint density at radius 1 is 1.41 bits per heavy atom. The molecule has 3 rings (SSSR count). The van der Waals surface area contributed by atoms with Crippen LogP contribution in [-0.2, 0) is 4.79 Å². The molecule has 2 aromatic rings. The highest BCUT2D eigenvalue weighted by atomic mass is 79.9. The highest BCUT2D eigenvalue weighted by molar-refractivity contribution is 9.10. The molecule has 27 heavy (non-hydrogen) atoms. The Bertz CT molecular complexity index is 924. The molecule has 0 radical (unpaired) electrons. The second-order valence-corrected chi connectivity index (χ2v) is 6.74. The summed E-state index contributed by atoms with van der Waals surface area (Å²) in [6.45, 7) is 0.344. The summed E-state index contributed by atoms with van der Waals surface area (Å²) in [4.78, 5) is 40.3. The molecule has 0 bridgehead atoms. The molecule has 2 heterocycles. The van der Waals surface area contributed by atoms with Crippen LogP contribution in [0.15, 0.2) is 41.0 Å². The predicted molar refractivity (Wildman–Crippen MR) is 97.8 cm³/mol. The third kappa shape index (κ3) is 3.95. The van der Waals surface area contributed by atoms with Gasteiger partial charge in [0.2, 0.25) is 5.91 Å². The molecule has 1 N–H and O–H groups in total. The monoisotopic (exact) mass is 436 g/mol. The maximum Gasteiger partial charge on any atom is 0.364 e. The molecule has 10 heteroatoms. The van der Waals surface area contributed by atoms with Gasteiger partial charge < -0.3 is 20.3 Å². The Morgan fingerprint density at radius 3 is 2.85 bits per heavy atom. The van der Waals surface area contributed by atoms with Crippen LogP contribution in [0.3, 0.4) is 0 Å². The second kappa shape index (κ2) is 7.78. The summed E-state index contributed by atoms with van der Waals surface area (Å²) >= 11 is 3.13. The number of anilines is 1. The average molecular weight is 437 g/mol. The van der Waals surface area contributed by atoms with Crippen molar-refractivity contribution in [3.05, 3.63) is 62.5 Å². The third-order valence-corrected chi connectivity index (χ3v) is 4.79. The summed E-state index contributed by atoms with van der Waals surface area (Å²) in [5.41, 5.74) is 0.148. The van der Waals surface area contributed by atoms with Gasteiger partial charge in [-0.05, 0) is 50.8 Å². The highest BCUT2D eigenvalue weighted by Crippen LogP contribution is 2.25. The number of amides is 2. The van der Waals surface area contributed by atoms with E-state index in [4.69, 9.17) is 0 Å². The molecule has 1 fully saturated rings. The van der Waals surface area contributed by atoms with Gasteiger partial charge in [-0.1, -0.05) is 12.1 Å². The number of carbonyl (C=O) groups is 2. The van der Waals surface area contributed by atoms with Gasteiger partial charge in [-0.3, -0.25) is 9.59 Å². The molecule has 1 aromatic carbocycles. The lowest BCUT2D eigenvalue weighted by Crippen LogP contribution is -2.52. The highest BCUT2D eigenvalue weighted by Gasteiger charge is 2.32. The molecule has 1 aliphatic rings. The van der Waals surface area contributed by atoms with E-state index in [0.29, 0.717) is 19.4 Å². The van der Waals surface area contributed by atoms with Crippen molar-refractivity contribution >= 4 is 39.2 Å². The summed E-state index contributed by atoms with van der Waals surface area (Å²) in [5.74, 6) is -2.09. The van der Waals surface area contributed by atoms with Crippen LogP contribution in [0.25, 0.3) is 0 Å². The Balaban J connectivity index is 1.80. The van der Waals surface area contributed by atoms with Crippen LogP contribution >= 0.6 is 15.9 Å². The third-order valence-electron chi connectivity index (χ3n) is 4.16. The molecule has 1 unspecified atom stereocenters. The number of nitrogens with one attached hydrogen (secondary N) is 1. The average Bonchev–Trinajstić information content (AvgIpc) is 2.64. The lowest BCUT2D eigenvalue weighted by atomic mass is 10.0. The van der Waals surface area contributed by atoms with E-state index in [1.807, 2.05) is 0 Å². The van der Waals surface area contributed by atoms with Crippen molar-refractivity contribution < 1.29 is 18.9 Å². The van der Waals surface area contributed by atoms with Crippen molar-refractivity contribution in [2.75, 3.05) is 11.4 Å². The van der Waals surface area contributed by atoms with E-state index in [1.54, 1.807) is 6.07 Å². The summed E-state index contributed by atoms with van der Waals surface area (Å²) in [7, 11) is 0. The second-order valence-electron chi connectivity index (χ2n) is 5.89. The summed E-state index contributed by atoms with van der Waals surface area (Å²) in [5, 5.41) is 13.4. The lowest BCUT2D eigenvalue weighted by molar-refractivity contribution is -0.389. The Hall–Kier alpha value is -2.88. The van der Waals surface area contributed by atoms with Crippen molar-refractivity contribution in [2.45, 2.75) is 18.9 Å². The van der Waals surface area contributed by atoms with Gasteiger partial charge in [0.05, 0.1) is 15.7 Å². The number of pyridine rings is 1. The minimum Gasteiger partial charge on any atom is -0.358 e. The molecule has 0 aliphatic carbocycles. The van der Waals surface area contributed by atoms with Crippen molar-refractivity contribution in [3.8, 4) is 0 Å². The number of nitrogens with zero attached hydrogens (tertiary/aromatic N) is 3. The van der Waals surface area contributed by atoms with Gasteiger partial charge in [-0.25, -0.2) is 4.39 Å². The molecule has 1 atom stereocenters. The normalized spacial score (nSPS) is 16.9. The van der Waals surface area contributed by atoms with Gasteiger partial charge >= 0.3 is 5.82 Å². The van der Waals surface area contributed by atoms with Crippen LogP contribution in [-0.4, -0.2) is 34.3 Å². The van der Waals surface area contributed by atoms with E-state index in [1.165, 1.54) is 23.1 Å².